The van der Waals surface area contributed by atoms with Gasteiger partial charge in [-0.2, -0.15) is 13.2 Å². The van der Waals surface area contributed by atoms with Crippen molar-refractivity contribution in [1.82, 2.24) is 0 Å². The largest absolute Gasteiger partial charge is 0.481 e. The van der Waals surface area contributed by atoms with Gasteiger partial charge in [-0.15, -0.1) is 0 Å². The van der Waals surface area contributed by atoms with Gasteiger partial charge in [-0.05, 0) is 54.5 Å². The summed E-state index contributed by atoms with van der Waals surface area (Å²) in [4.78, 5) is 24.4. The van der Waals surface area contributed by atoms with Crippen molar-refractivity contribution in [3.8, 4) is 0 Å². The number of hydrogen-bond donors (Lipinski definition) is 2. The molecule has 1 aliphatic rings. The molecule has 1 amide bonds. The maximum atomic E-state index is 13.5. The average Bonchev–Trinajstić information content (AvgIpc) is 3.56. The standard InChI is InChI=1S/C24H26F3NO3.C2H6/c1-3-16-7-9-18(10-8-16)20(15(2)24(25,26)27)21(29)28-19-6-4-5-17(13-19)14-23(11-12-23)22(30)31;1-2/h4-10,13,15,20H,3,11-12,14H2,1-2H3,(H,28,29)(H,30,31);1-2H3. The Labute approximate surface area is 193 Å². The number of halogens is 3. The number of carboxylic acids is 1. The molecule has 2 aromatic carbocycles. The van der Waals surface area contributed by atoms with Gasteiger partial charge in [0.05, 0.1) is 17.3 Å². The fraction of sp³-hybridized carbons (Fsp3) is 0.462. The van der Waals surface area contributed by atoms with Gasteiger partial charge >= 0.3 is 12.1 Å². The minimum Gasteiger partial charge on any atom is -0.481 e. The van der Waals surface area contributed by atoms with Crippen LogP contribution >= 0.6 is 0 Å². The maximum Gasteiger partial charge on any atom is 0.392 e. The molecule has 1 saturated carbocycles. The summed E-state index contributed by atoms with van der Waals surface area (Å²) in [5.41, 5.74) is 1.59. The minimum atomic E-state index is -4.53. The van der Waals surface area contributed by atoms with Gasteiger partial charge in [-0.25, -0.2) is 0 Å². The highest BCUT2D eigenvalue weighted by Crippen LogP contribution is 2.48. The molecule has 2 aromatic rings. The van der Waals surface area contributed by atoms with Gasteiger partial charge < -0.3 is 10.4 Å². The van der Waals surface area contributed by atoms with Gasteiger partial charge in [-0.3, -0.25) is 9.59 Å². The van der Waals surface area contributed by atoms with Crippen LogP contribution in [0.5, 0.6) is 0 Å². The van der Waals surface area contributed by atoms with Crippen molar-refractivity contribution in [3.05, 3.63) is 65.2 Å². The number of benzene rings is 2. The monoisotopic (exact) mass is 463 g/mol. The number of aryl methyl sites for hydroxylation is 1. The first-order valence-corrected chi connectivity index (χ1v) is 11.3. The van der Waals surface area contributed by atoms with Gasteiger partial charge in [0.2, 0.25) is 5.91 Å². The van der Waals surface area contributed by atoms with E-state index in [0.717, 1.165) is 24.5 Å². The zero-order valence-electron chi connectivity index (χ0n) is 19.5. The van der Waals surface area contributed by atoms with Crippen LogP contribution in [0.4, 0.5) is 18.9 Å². The predicted octanol–water partition coefficient (Wildman–Crippen LogP) is 6.60. The Morgan fingerprint density at radius 2 is 1.67 bits per heavy atom. The number of amides is 1. The molecule has 2 unspecified atom stereocenters. The van der Waals surface area contributed by atoms with Crippen molar-refractivity contribution in [2.75, 3.05) is 5.32 Å². The molecule has 0 aliphatic heterocycles. The van der Waals surface area contributed by atoms with Crippen LogP contribution in [0.3, 0.4) is 0 Å². The Morgan fingerprint density at radius 3 is 2.15 bits per heavy atom. The molecule has 0 spiro atoms. The topological polar surface area (TPSA) is 66.4 Å². The number of anilines is 1. The summed E-state index contributed by atoms with van der Waals surface area (Å²) >= 11 is 0. The van der Waals surface area contributed by atoms with E-state index in [1.807, 2.05) is 20.8 Å². The molecule has 0 radical (unpaired) electrons. The second kappa shape index (κ2) is 10.9. The molecule has 0 bridgehead atoms. The van der Waals surface area contributed by atoms with Crippen molar-refractivity contribution in [2.45, 2.75) is 65.5 Å². The Hall–Kier alpha value is -2.83. The van der Waals surface area contributed by atoms with E-state index in [1.165, 1.54) is 0 Å². The smallest absolute Gasteiger partial charge is 0.392 e. The van der Waals surface area contributed by atoms with E-state index in [0.29, 0.717) is 30.5 Å². The SMILES string of the molecule is CC.CCc1ccc(C(C(=O)Nc2cccc(CC3(C(=O)O)CC3)c2)C(C)C(F)(F)F)cc1. The third-order valence-electron chi connectivity index (χ3n) is 6.09. The van der Waals surface area contributed by atoms with Gasteiger partial charge in [0.15, 0.2) is 0 Å². The molecule has 1 fully saturated rings. The van der Waals surface area contributed by atoms with Gasteiger partial charge in [-0.1, -0.05) is 64.1 Å². The summed E-state index contributed by atoms with van der Waals surface area (Å²) < 4.78 is 40.6. The van der Waals surface area contributed by atoms with Crippen LogP contribution in [0.2, 0.25) is 0 Å². The molecule has 2 N–H and O–H groups in total. The van der Waals surface area contributed by atoms with Crippen LogP contribution in [0.25, 0.3) is 0 Å². The Balaban J connectivity index is 0.00000187. The number of aliphatic carboxylic acids is 1. The highest BCUT2D eigenvalue weighted by atomic mass is 19.4. The first-order valence-electron chi connectivity index (χ1n) is 11.3. The van der Waals surface area contributed by atoms with Gasteiger partial charge in [0.25, 0.3) is 0 Å². The lowest BCUT2D eigenvalue weighted by molar-refractivity contribution is -0.178. The predicted molar refractivity (Wildman–Crippen MR) is 123 cm³/mol. The van der Waals surface area contributed by atoms with Gasteiger partial charge in [0.1, 0.15) is 0 Å². The number of carboxylic acid groups (broad SMARTS) is 1. The maximum absolute atomic E-state index is 13.5. The molecule has 7 heteroatoms. The van der Waals surface area contributed by atoms with Crippen molar-refractivity contribution in [3.63, 3.8) is 0 Å². The summed E-state index contributed by atoms with van der Waals surface area (Å²) in [6.45, 7) is 6.96. The second-order valence-electron chi connectivity index (χ2n) is 8.35. The highest BCUT2D eigenvalue weighted by molar-refractivity contribution is 5.96. The number of rotatable bonds is 8. The summed E-state index contributed by atoms with van der Waals surface area (Å²) in [5.74, 6) is -4.87. The molecule has 0 saturated heterocycles. The first kappa shape index (κ1) is 26.4. The van der Waals surface area contributed by atoms with Gasteiger partial charge in [0, 0.05) is 5.69 Å². The Bertz CT molecular complexity index is 950. The van der Waals surface area contributed by atoms with E-state index >= 15 is 0 Å². The van der Waals surface area contributed by atoms with Crippen LogP contribution in [0, 0.1) is 11.3 Å². The van der Waals surface area contributed by atoms with Crippen molar-refractivity contribution in [2.24, 2.45) is 11.3 Å². The summed E-state index contributed by atoms with van der Waals surface area (Å²) in [6.07, 6.45) is -2.27. The zero-order chi connectivity index (χ0) is 24.8. The summed E-state index contributed by atoms with van der Waals surface area (Å²) in [6, 6.07) is 13.3. The van der Waals surface area contributed by atoms with Crippen molar-refractivity contribution >= 4 is 17.6 Å². The second-order valence-corrected chi connectivity index (χ2v) is 8.35. The highest BCUT2D eigenvalue weighted by Gasteiger charge is 2.50. The Kier molecular flexibility index (Phi) is 8.69. The molecular weight excluding hydrogens is 431 g/mol. The Morgan fingerprint density at radius 1 is 1.06 bits per heavy atom. The fourth-order valence-corrected chi connectivity index (χ4v) is 3.80. The lowest BCUT2D eigenvalue weighted by Crippen LogP contribution is -2.34. The molecule has 33 heavy (non-hydrogen) atoms. The van der Waals surface area contributed by atoms with Crippen molar-refractivity contribution in [1.29, 1.82) is 0 Å². The van der Waals surface area contributed by atoms with Crippen LogP contribution in [-0.2, 0) is 22.4 Å². The number of carbonyl (C=O) groups is 2. The fourth-order valence-electron chi connectivity index (χ4n) is 3.80. The molecule has 0 heterocycles. The molecule has 4 nitrogen and oxygen atoms in total. The molecule has 1 aliphatic carbocycles. The third-order valence-corrected chi connectivity index (χ3v) is 6.09. The molecule has 0 aromatic heterocycles. The molecular formula is C26H32F3NO3. The average molecular weight is 464 g/mol. The van der Waals surface area contributed by atoms with Crippen LogP contribution in [0.1, 0.15) is 63.1 Å². The minimum absolute atomic E-state index is 0.304. The van der Waals surface area contributed by atoms with E-state index in [-0.39, 0.29) is 0 Å². The lowest BCUT2D eigenvalue weighted by Gasteiger charge is -2.26. The van der Waals surface area contributed by atoms with E-state index in [2.05, 4.69) is 5.32 Å². The normalized spacial score (nSPS) is 16.1. The summed E-state index contributed by atoms with van der Waals surface area (Å²) in [7, 11) is 0. The van der Waals surface area contributed by atoms with E-state index in [1.54, 1.807) is 48.5 Å². The molecule has 2 atom stereocenters. The summed E-state index contributed by atoms with van der Waals surface area (Å²) in [5, 5.41) is 12.0. The van der Waals surface area contributed by atoms with Crippen LogP contribution in [0.15, 0.2) is 48.5 Å². The number of hydrogen-bond acceptors (Lipinski definition) is 2. The molecule has 3 rings (SSSR count). The molecule has 180 valence electrons. The van der Waals surface area contributed by atoms with Crippen molar-refractivity contribution < 1.29 is 27.9 Å². The quantitative estimate of drug-likeness (QED) is 0.463. The number of nitrogens with one attached hydrogen (secondary N) is 1. The van der Waals surface area contributed by atoms with Crippen LogP contribution < -0.4 is 5.32 Å². The van der Waals surface area contributed by atoms with E-state index in [9.17, 15) is 27.9 Å². The van der Waals surface area contributed by atoms with Crippen LogP contribution in [-0.4, -0.2) is 23.2 Å². The first-order chi connectivity index (χ1) is 15.6. The number of alkyl halides is 3. The third kappa shape index (κ3) is 6.59. The number of carbonyl (C=O) groups excluding carboxylic acids is 1. The zero-order valence-corrected chi connectivity index (χ0v) is 19.5. The lowest BCUT2D eigenvalue weighted by atomic mass is 9.85. The van der Waals surface area contributed by atoms with E-state index in [4.69, 9.17) is 0 Å². The van der Waals surface area contributed by atoms with E-state index < -0.39 is 35.3 Å².